The highest BCUT2D eigenvalue weighted by Gasteiger charge is 2.27. The van der Waals surface area contributed by atoms with Crippen LogP contribution in [0.2, 0.25) is 0 Å². The molecule has 4 aromatic rings. The van der Waals surface area contributed by atoms with Gasteiger partial charge in [0.05, 0.1) is 57.7 Å². The molecule has 528 valence electrons. The van der Waals surface area contributed by atoms with Gasteiger partial charge in [0.1, 0.15) is 28.8 Å². The van der Waals surface area contributed by atoms with Gasteiger partial charge in [0.2, 0.25) is 0 Å². The van der Waals surface area contributed by atoms with E-state index in [9.17, 15) is 63.6 Å². The number of ketones is 1. The number of hydrogen-bond acceptors (Lipinski definition) is 19. The number of carbonyl (C=O) groups is 9. The van der Waals surface area contributed by atoms with Crippen LogP contribution in [0.5, 0.6) is 23.0 Å². The summed E-state index contributed by atoms with van der Waals surface area (Å²) in [4.78, 5) is 135. The molecule has 12 bridgehead atoms. The minimum Gasteiger partial charge on any atom is -0.506 e. The second-order valence-electron chi connectivity index (χ2n) is 24.0. The molecule has 2 unspecified atom stereocenters. The smallest absolute Gasteiger partial charge is 0.257 e. The molecule has 8 amide bonds. The van der Waals surface area contributed by atoms with Crippen LogP contribution >= 0.6 is 11.6 Å². The first kappa shape index (κ1) is 75.9. The van der Waals surface area contributed by atoms with E-state index in [0.29, 0.717) is 70.8 Å². The second-order valence-corrected chi connectivity index (χ2v) is 24.4. The summed E-state index contributed by atoms with van der Waals surface area (Å²) in [5, 5.41) is 66.1. The molecule has 0 fully saturated rings. The number of halogens is 1. The molecule has 97 heavy (non-hydrogen) atoms. The van der Waals surface area contributed by atoms with Crippen LogP contribution in [0.3, 0.4) is 0 Å². The fourth-order valence-corrected chi connectivity index (χ4v) is 11.7. The number of hydrogen-bond donors (Lipinski definition) is 11. The van der Waals surface area contributed by atoms with E-state index in [1.54, 1.807) is 4.90 Å². The monoisotopic (exact) mass is 1370 g/mol. The Balaban J connectivity index is 1.20. The number of Topliss-reactive ketones (excluding diaryl/α,β-unsaturated/α-hetero) is 1. The minimum absolute atomic E-state index is 0.0000657. The number of benzene rings is 4. The van der Waals surface area contributed by atoms with Crippen LogP contribution in [0, 0.1) is 0 Å². The van der Waals surface area contributed by atoms with Gasteiger partial charge in [-0.3, -0.25) is 62.8 Å². The van der Waals surface area contributed by atoms with Gasteiger partial charge >= 0.3 is 0 Å². The highest BCUT2D eigenvalue weighted by atomic mass is 35.5. The number of alkyl halides is 1. The molecular formula is C69H95ClN12O15. The molecule has 28 heteroatoms. The highest BCUT2D eigenvalue weighted by Crippen LogP contribution is 2.27. The van der Waals surface area contributed by atoms with E-state index in [1.165, 1.54) is 72.8 Å². The number of carbonyl (C=O) groups excluding carboxylic acids is 9. The number of fused-ring (bicyclic) bond motifs is 16. The Labute approximate surface area is 571 Å². The number of aromatic hydroxyl groups is 4. The summed E-state index contributed by atoms with van der Waals surface area (Å²) in [6.07, 6.45) is 6.97. The summed E-state index contributed by atoms with van der Waals surface area (Å²) in [6, 6.07) is 17.2. The van der Waals surface area contributed by atoms with Gasteiger partial charge < -0.3 is 72.0 Å². The second kappa shape index (κ2) is 41.0. The van der Waals surface area contributed by atoms with Gasteiger partial charge in [-0.1, -0.05) is 43.5 Å². The first-order valence-corrected chi connectivity index (χ1v) is 34.2. The summed E-state index contributed by atoms with van der Waals surface area (Å²) >= 11 is 5.75. The lowest BCUT2D eigenvalue weighted by molar-refractivity contribution is -0.119. The molecule has 0 saturated carbocycles. The summed E-state index contributed by atoms with van der Waals surface area (Å²) in [7, 11) is 0. The average molecular weight is 1370 g/mol. The van der Waals surface area contributed by atoms with Crippen molar-refractivity contribution < 1.29 is 73.1 Å². The number of unbranched alkanes of at least 4 members (excludes halogenated alkanes) is 5. The molecule has 4 aliphatic heterocycles. The van der Waals surface area contributed by atoms with Crippen molar-refractivity contribution in [2.75, 3.05) is 170 Å². The summed E-state index contributed by atoms with van der Waals surface area (Å²) in [5.74, 6) is -6.59. The number of nitrogens with one attached hydrogen (secondary N) is 7. The number of phenols is 4. The lowest BCUT2D eigenvalue weighted by atomic mass is 10.1. The number of phenolic OH excluding ortho intramolecular Hbond substituents is 4. The number of rotatable bonds is 19. The normalized spacial score (nSPS) is 19.8. The van der Waals surface area contributed by atoms with E-state index in [2.05, 4.69) is 37.2 Å². The zero-order valence-electron chi connectivity index (χ0n) is 55.3. The molecule has 8 rings (SSSR count). The van der Waals surface area contributed by atoms with Crippen LogP contribution in [0.15, 0.2) is 72.8 Å². The molecule has 27 nitrogen and oxygen atoms in total. The van der Waals surface area contributed by atoms with Crippen molar-refractivity contribution in [3.8, 4) is 23.0 Å². The third-order valence-electron chi connectivity index (χ3n) is 17.2. The zero-order chi connectivity index (χ0) is 69.3. The molecule has 0 spiro atoms. The van der Waals surface area contributed by atoms with Crippen molar-refractivity contribution in [2.45, 2.75) is 64.2 Å². The Morgan fingerprint density at radius 2 is 0.619 bits per heavy atom. The van der Waals surface area contributed by atoms with Gasteiger partial charge in [-0.05, 0) is 80.6 Å². The maximum absolute atomic E-state index is 15.0. The first-order valence-electron chi connectivity index (χ1n) is 33.7. The zero-order valence-corrected chi connectivity index (χ0v) is 56.0. The molecule has 4 heterocycles. The topological polar surface area (TPSA) is 353 Å². The van der Waals surface area contributed by atoms with Gasteiger partial charge in [-0.2, -0.15) is 0 Å². The van der Waals surface area contributed by atoms with E-state index < -0.39 is 70.3 Å². The number of nitrogens with zero attached hydrogens (tertiary/aromatic N) is 5. The standard InChI is InChI=1S/C69H95ClN12O15/c70-23-5-1-2-7-45-96-47-48-97-46-12-14-49(83)13-4-3-6-31-82-44-43-81-38-30-77-67(93)55-20-10-19-54(60(55)86)64(90)73-26-34-79(35-29-76-68(94)56-21-11-22-57(61(56)87)69(82)95)40-39-78-32-24-71-62(88)50-15-8-17-52(58(50)84)65(91)74-27-36-80(41-42-81)37-28-75-66(92)53-18-9-16-51(59(53)85)63(89)72-25-33-78/h8-11,15-22,84-87H,1-7,12-14,23-48H2,(H,71,88)(H,72,89)(H,73,90)(H,74,91)(H,75,92)(H,76,94)(H,77,93). The number of ether oxygens (including phenoxy) is 2. The highest BCUT2D eigenvalue weighted by molar-refractivity contribution is 6.17. The van der Waals surface area contributed by atoms with Crippen molar-refractivity contribution in [2.24, 2.45) is 0 Å². The van der Waals surface area contributed by atoms with Gasteiger partial charge in [0, 0.05) is 169 Å². The number of amides is 8. The molecule has 4 aromatic carbocycles. The predicted octanol–water partition coefficient (Wildman–Crippen LogP) is 3.15. The Bertz CT molecular complexity index is 3220. The fourth-order valence-electron chi connectivity index (χ4n) is 11.5. The first-order chi connectivity index (χ1) is 47.0. The third-order valence-corrected chi connectivity index (χ3v) is 17.5. The van der Waals surface area contributed by atoms with E-state index >= 15 is 0 Å². The summed E-state index contributed by atoms with van der Waals surface area (Å²) in [6.45, 7) is 4.49. The van der Waals surface area contributed by atoms with Crippen LogP contribution in [0.25, 0.3) is 0 Å². The Hall–Kier alpha value is -8.44. The Morgan fingerprint density at radius 1 is 0.340 bits per heavy atom. The average Bonchev–Trinajstić information content (AvgIpc) is 0.896. The molecule has 2 atom stereocenters. The third kappa shape index (κ3) is 24.3. The SMILES string of the molecule is O=C(CCCCCN1CCN2CCNC(=O)c3cccc(c3O)C(=O)NCCN(CCNC(=O)c3cccc(c3O)C1=O)CCN1CCNC(=O)c3cccc(c3O)C(=O)NCCN(CCNC(=O)c3cccc(c3O)C(=O)NCC1)CC2)CCCOCCOCCCCCCCl. The molecular weight excluding hydrogens is 1270 g/mol. The van der Waals surface area contributed by atoms with Crippen LogP contribution in [0.4, 0.5) is 0 Å². The van der Waals surface area contributed by atoms with Gasteiger partial charge in [0.25, 0.3) is 47.3 Å². The lowest BCUT2D eigenvalue weighted by Crippen LogP contribution is -2.46. The maximum Gasteiger partial charge on any atom is 0.257 e. The minimum atomic E-state index is -0.667. The van der Waals surface area contributed by atoms with E-state index in [1.807, 2.05) is 19.6 Å². The van der Waals surface area contributed by atoms with Gasteiger partial charge in [-0.15, -0.1) is 11.6 Å². The van der Waals surface area contributed by atoms with E-state index in [-0.39, 0.29) is 188 Å². The van der Waals surface area contributed by atoms with Crippen LogP contribution in [-0.4, -0.2) is 268 Å². The van der Waals surface area contributed by atoms with Crippen molar-refractivity contribution in [3.05, 3.63) is 117 Å². The molecule has 0 aromatic heterocycles. The largest absolute Gasteiger partial charge is 0.506 e. The Kier molecular flexibility index (Phi) is 32.1. The lowest BCUT2D eigenvalue weighted by Gasteiger charge is -2.31. The van der Waals surface area contributed by atoms with Crippen LogP contribution in [0.1, 0.15) is 147 Å². The van der Waals surface area contributed by atoms with Crippen LogP contribution in [-0.2, 0) is 14.3 Å². The molecule has 0 radical (unpaired) electrons. The Morgan fingerprint density at radius 3 is 0.969 bits per heavy atom. The van der Waals surface area contributed by atoms with E-state index in [0.717, 1.165) is 25.7 Å². The molecule has 0 aliphatic carbocycles. The van der Waals surface area contributed by atoms with Crippen molar-refractivity contribution in [3.63, 3.8) is 0 Å². The molecule has 0 saturated heterocycles. The van der Waals surface area contributed by atoms with Crippen molar-refractivity contribution in [1.82, 2.24) is 61.7 Å². The van der Waals surface area contributed by atoms with Crippen LogP contribution < -0.4 is 37.2 Å². The van der Waals surface area contributed by atoms with Gasteiger partial charge in [-0.25, -0.2) is 0 Å². The summed E-state index contributed by atoms with van der Waals surface area (Å²) in [5.41, 5.74) is -1.17. The molecule has 4 aliphatic rings. The quantitative estimate of drug-likeness (QED) is 0.0474. The predicted molar refractivity (Wildman–Crippen MR) is 364 cm³/mol. The maximum atomic E-state index is 15.0. The number of para-hydroxylation sites is 4. The molecule has 11 N–H and O–H groups in total. The van der Waals surface area contributed by atoms with Crippen molar-refractivity contribution >= 4 is 64.6 Å². The van der Waals surface area contributed by atoms with Gasteiger partial charge in [0.15, 0.2) is 0 Å². The van der Waals surface area contributed by atoms with Crippen molar-refractivity contribution in [1.29, 1.82) is 0 Å². The fraction of sp³-hybridized carbons (Fsp3) is 0.522. The van der Waals surface area contributed by atoms with E-state index in [4.69, 9.17) is 21.1 Å². The summed E-state index contributed by atoms with van der Waals surface area (Å²) < 4.78 is 11.3.